The zero-order valence-electron chi connectivity index (χ0n) is 8.40. The quantitative estimate of drug-likeness (QED) is 0.685. The van der Waals surface area contributed by atoms with Crippen molar-refractivity contribution in [1.82, 2.24) is 9.88 Å². The van der Waals surface area contributed by atoms with Crippen LogP contribution in [0.25, 0.3) is 10.9 Å². The molecule has 0 saturated heterocycles. The molecule has 0 aliphatic carbocycles. The van der Waals surface area contributed by atoms with Gasteiger partial charge in [-0.1, -0.05) is 18.2 Å². The summed E-state index contributed by atoms with van der Waals surface area (Å²) in [6.07, 6.45) is 2.70. The summed E-state index contributed by atoms with van der Waals surface area (Å²) in [4.78, 5) is 14.0. The molecule has 0 radical (unpaired) electrons. The summed E-state index contributed by atoms with van der Waals surface area (Å²) in [5.74, 6) is 0. The first kappa shape index (κ1) is 10.3. The Morgan fingerprint density at radius 3 is 2.43 bits per heavy atom. The van der Waals surface area contributed by atoms with Crippen molar-refractivity contribution in [3.05, 3.63) is 36.5 Å². The van der Waals surface area contributed by atoms with Gasteiger partial charge in [0.15, 0.2) is 0 Å². The van der Waals surface area contributed by atoms with Crippen LogP contribution < -0.4 is 0 Å². The van der Waals surface area contributed by atoms with Crippen molar-refractivity contribution >= 4 is 17.3 Å². The van der Waals surface area contributed by atoms with Crippen LogP contribution in [0.2, 0.25) is 0 Å². The minimum absolute atomic E-state index is 0.750. The number of H-pyrrole nitrogens is 1. The fourth-order valence-corrected chi connectivity index (χ4v) is 0.995. The molecule has 0 fully saturated rings. The van der Waals surface area contributed by atoms with Gasteiger partial charge in [0.25, 0.3) is 0 Å². The molecule has 0 bridgehead atoms. The first-order chi connectivity index (χ1) is 6.74. The standard InChI is InChI=1S/C8H7N.C3H7NO/c1-2-4-8-7(3-1)5-6-9-8;1-4(2)3-5/h1-6,9H;3H,1-2H3. The molecule has 0 aliphatic heterocycles. The molecular formula is C11H14N2O. The van der Waals surface area contributed by atoms with Gasteiger partial charge in [-0.2, -0.15) is 0 Å². The Morgan fingerprint density at radius 2 is 1.86 bits per heavy atom. The van der Waals surface area contributed by atoms with Crippen LogP contribution >= 0.6 is 0 Å². The van der Waals surface area contributed by atoms with Crippen LogP contribution in [0, 0.1) is 0 Å². The first-order valence-electron chi connectivity index (χ1n) is 4.38. The van der Waals surface area contributed by atoms with E-state index in [4.69, 9.17) is 0 Å². The van der Waals surface area contributed by atoms with Gasteiger partial charge in [-0.3, -0.25) is 4.79 Å². The van der Waals surface area contributed by atoms with Crippen molar-refractivity contribution in [1.29, 1.82) is 0 Å². The monoisotopic (exact) mass is 190 g/mol. The van der Waals surface area contributed by atoms with Gasteiger partial charge in [0.05, 0.1) is 0 Å². The summed E-state index contributed by atoms with van der Waals surface area (Å²) >= 11 is 0. The largest absolute Gasteiger partial charge is 0.361 e. The predicted molar refractivity (Wildman–Crippen MR) is 58.0 cm³/mol. The molecule has 1 N–H and O–H groups in total. The molecule has 3 nitrogen and oxygen atoms in total. The van der Waals surface area contributed by atoms with Crippen LogP contribution in [0.15, 0.2) is 36.5 Å². The smallest absolute Gasteiger partial charge is 0.209 e. The summed E-state index contributed by atoms with van der Waals surface area (Å²) in [7, 11) is 3.38. The molecule has 74 valence electrons. The van der Waals surface area contributed by atoms with E-state index in [1.54, 1.807) is 14.1 Å². The maximum Gasteiger partial charge on any atom is 0.209 e. The van der Waals surface area contributed by atoms with E-state index in [-0.39, 0.29) is 0 Å². The molecule has 2 rings (SSSR count). The van der Waals surface area contributed by atoms with Crippen LogP contribution in [0.4, 0.5) is 0 Å². The number of rotatable bonds is 1. The van der Waals surface area contributed by atoms with Crippen LogP contribution in [-0.2, 0) is 4.79 Å². The SMILES string of the molecule is CN(C)C=O.c1ccc2[nH]ccc2c1. The normalized spacial score (nSPS) is 9.00. The molecule has 1 amide bonds. The lowest BCUT2D eigenvalue weighted by atomic mass is 10.3. The summed E-state index contributed by atoms with van der Waals surface area (Å²) < 4.78 is 0. The average molecular weight is 190 g/mol. The van der Waals surface area contributed by atoms with Crippen LogP contribution in [-0.4, -0.2) is 30.4 Å². The number of amides is 1. The summed E-state index contributed by atoms with van der Waals surface area (Å²) in [6.45, 7) is 0. The van der Waals surface area contributed by atoms with Crippen molar-refractivity contribution in [2.75, 3.05) is 14.1 Å². The molecule has 0 atom stereocenters. The van der Waals surface area contributed by atoms with Gasteiger partial charge in [-0.25, -0.2) is 0 Å². The second-order valence-corrected chi connectivity index (χ2v) is 3.13. The van der Waals surface area contributed by atoms with Gasteiger partial charge in [0.2, 0.25) is 6.41 Å². The van der Waals surface area contributed by atoms with E-state index in [1.165, 1.54) is 15.8 Å². The minimum atomic E-state index is 0.750. The zero-order valence-corrected chi connectivity index (χ0v) is 8.40. The molecule has 14 heavy (non-hydrogen) atoms. The van der Waals surface area contributed by atoms with E-state index < -0.39 is 0 Å². The Bertz CT molecular complexity index is 363. The molecule has 2 aromatic rings. The molecule has 0 unspecified atom stereocenters. The highest BCUT2D eigenvalue weighted by molar-refractivity contribution is 5.78. The number of nitrogens with zero attached hydrogens (tertiary/aromatic N) is 1. The highest BCUT2D eigenvalue weighted by atomic mass is 16.1. The van der Waals surface area contributed by atoms with Crippen LogP contribution in [0.1, 0.15) is 0 Å². The predicted octanol–water partition coefficient (Wildman–Crippen LogP) is 1.87. The third-order valence-corrected chi connectivity index (χ3v) is 1.67. The second-order valence-electron chi connectivity index (χ2n) is 3.13. The molecule has 1 aromatic heterocycles. The van der Waals surface area contributed by atoms with Crippen molar-refractivity contribution in [2.45, 2.75) is 0 Å². The Kier molecular flexibility index (Phi) is 3.73. The minimum Gasteiger partial charge on any atom is -0.361 e. The Labute approximate surface area is 83.3 Å². The number of benzene rings is 1. The van der Waals surface area contributed by atoms with E-state index in [9.17, 15) is 4.79 Å². The Balaban J connectivity index is 0.000000171. The van der Waals surface area contributed by atoms with E-state index in [2.05, 4.69) is 23.2 Å². The van der Waals surface area contributed by atoms with Crippen LogP contribution in [0.5, 0.6) is 0 Å². The number of fused-ring (bicyclic) bond motifs is 1. The summed E-state index contributed by atoms with van der Waals surface area (Å²) in [6, 6.07) is 10.3. The molecule has 1 heterocycles. The van der Waals surface area contributed by atoms with Gasteiger partial charge >= 0.3 is 0 Å². The number of nitrogens with one attached hydrogen (secondary N) is 1. The van der Waals surface area contributed by atoms with Gasteiger partial charge < -0.3 is 9.88 Å². The van der Waals surface area contributed by atoms with Gasteiger partial charge in [-0.05, 0) is 17.5 Å². The molecule has 0 saturated carbocycles. The van der Waals surface area contributed by atoms with Gasteiger partial charge in [0, 0.05) is 25.8 Å². The fraction of sp³-hybridized carbons (Fsp3) is 0.182. The third-order valence-electron chi connectivity index (χ3n) is 1.67. The second kappa shape index (κ2) is 5.07. The third kappa shape index (κ3) is 2.94. The molecular weight excluding hydrogens is 176 g/mol. The number of carbonyl (C=O) groups excluding carboxylic acids is 1. The van der Waals surface area contributed by atoms with E-state index in [1.807, 2.05) is 18.3 Å². The number of hydrogen-bond acceptors (Lipinski definition) is 1. The maximum atomic E-state index is 9.43. The maximum absolute atomic E-state index is 9.43. The molecule has 0 spiro atoms. The number of carbonyl (C=O) groups is 1. The van der Waals surface area contributed by atoms with Crippen molar-refractivity contribution in [2.24, 2.45) is 0 Å². The van der Waals surface area contributed by atoms with E-state index >= 15 is 0 Å². The van der Waals surface area contributed by atoms with Gasteiger partial charge in [-0.15, -0.1) is 0 Å². The summed E-state index contributed by atoms with van der Waals surface area (Å²) in [5.41, 5.74) is 1.21. The number of aromatic nitrogens is 1. The lowest BCUT2D eigenvalue weighted by Gasteiger charge is -1.93. The first-order valence-corrected chi connectivity index (χ1v) is 4.38. The zero-order chi connectivity index (χ0) is 10.4. The topological polar surface area (TPSA) is 36.1 Å². The highest BCUT2D eigenvalue weighted by Gasteiger charge is 1.86. The van der Waals surface area contributed by atoms with Crippen molar-refractivity contribution in [3.63, 3.8) is 0 Å². The van der Waals surface area contributed by atoms with E-state index in [0.717, 1.165) is 6.41 Å². The van der Waals surface area contributed by atoms with E-state index in [0.29, 0.717) is 0 Å². The highest BCUT2D eigenvalue weighted by Crippen LogP contribution is 2.09. The Morgan fingerprint density at radius 1 is 1.21 bits per heavy atom. The van der Waals surface area contributed by atoms with Crippen LogP contribution in [0.3, 0.4) is 0 Å². The molecule has 1 aromatic carbocycles. The number of para-hydroxylation sites is 1. The number of hydrogen-bond donors (Lipinski definition) is 1. The molecule has 0 aliphatic rings. The van der Waals surface area contributed by atoms with Crippen molar-refractivity contribution < 1.29 is 4.79 Å². The van der Waals surface area contributed by atoms with Crippen molar-refractivity contribution in [3.8, 4) is 0 Å². The molecule has 3 heteroatoms. The van der Waals surface area contributed by atoms with Gasteiger partial charge in [0.1, 0.15) is 0 Å². The fourth-order valence-electron chi connectivity index (χ4n) is 0.995. The summed E-state index contributed by atoms with van der Waals surface area (Å²) in [5, 5.41) is 1.28. The lowest BCUT2D eigenvalue weighted by molar-refractivity contribution is -0.115. The number of aromatic amines is 1. The Hall–Kier alpha value is -1.77. The lowest BCUT2D eigenvalue weighted by Crippen LogP contribution is -2.06. The average Bonchev–Trinajstić information content (AvgIpc) is 2.66.